The summed E-state index contributed by atoms with van der Waals surface area (Å²) in [7, 11) is 0. The van der Waals surface area contributed by atoms with Gasteiger partial charge in [-0.2, -0.15) is 11.8 Å². The number of amides is 1. The molecule has 1 aromatic heterocycles. The Bertz CT molecular complexity index is 906. The molecular formula is C22H25N3OS. The van der Waals surface area contributed by atoms with Gasteiger partial charge in [0.25, 0.3) is 0 Å². The van der Waals surface area contributed by atoms with Crippen molar-refractivity contribution in [3.8, 4) is 0 Å². The van der Waals surface area contributed by atoms with Crippen LogP contribution in [0.5, 0.6) is 0 Å². The molecule has 1 atom stereocenters. The maximum absolute atomic E-state index is 12.1. The first-order valence-corrected chi connectivity index (χ1v) is 10.4. The molecule has 0 radical (unpaired) electrons. The number of carbonyl (C=O) groups excluding carboxylic acids is 1. The minimum atomic E-state index is 0.0375. The SMILES string of the molecule is CSCCC(=O)Nc1cccc(C(c2cnc[nH]2)c2cccc(C)c2C)c1. The quantitative estimate of drug-likeness (QED) is 0.614. The van der Waals surface area contributed by atoms with Gasteiger partial charge in [0.2, 0.25) is 5.91 Å². The Kier molecular flexibility index (Phi) is 6.35. The third kappa shape index (κ3) is 4.61. The van der Waals surface area contributed by atoms with Gasteiger partial charge in [0, 0.05) is 29.8 Å². The molecule has 0 aliphatic rings. The molecule has 2 aromatic carbocycles. The molecule has 4 nitrogen and oxygen atoms in total. The number of H-pyrrole nitrogens is 1. The Labute approximate surface area is 164 Å². The van der Waals surface area contributed by atoms with Gasteiger partial charge in [-0.25, -0.2) is 4.98 Å². The molecule has 0 saturated heterocycles. The van der Waals surface area contributed by atoms with E-state index in [0.29, 0.717) is 6.42 Å². The first-order chi connectivity index (χ1) is 13.1. The number of rotatable bonds is 7. The zero-order chi connectivity index (χ0) is 19.2. The van der Waals surface area contributed by atoms with Gasteiger partial charge in [-0.15, -0.1) is 0 Å². The van der Waals surface area contributed by atoms with Gasteiger partial charge < -0.3 is 10.3 Å². The Morgan fingerprint density at radius 3 is 2.78 bits per heavy atom. The molecule has 0 spiro atoms. The highest BCUT2D eigenvalue weighted by Gasteiger charge is 2.21. The van der Waals surface area contributed by atoms with E-state index in [1.807, 2.05) is 24.6 Å². The van der Waals surface area contributed by atoms with Crippen LogP contribution in [0, 0.1) is 13.8 Å². The van der Waals surface area contributed by atoms with Crippen LogP contribution >= 0.6 is 11.8 Å². The van der Waals surface area contributed by atoms with E-state index in [2.05, 4.69) is 59.5 Å². The summed E-state index contributed by atoms with van der Waals surface area (Å²) in [5.41, 5.74) is 6.76. The maximum atomic E-state index is 12.1. The van der Waals surface area contributed by atoms with E-state index in [0.717, 1.165) is 22.7 Å². The van der Waals surface area contributed by atoms with Crippen LogP contribution in [-0.4, -0.2) is 27.9 Å². The van der Waals surface area contributed by atoms with Crippen molar-refractivity contribution in [2.75, 3.05) is 17.3 Å². The van der Waals surface area contributed by atoms with Crippen LogP contribution in [0.2, 0.25) is 0 Å². The third-order valence-electron chi connectivity index (χ3n) is 4.82. The Morgan fingerprint density at radius 2 is 2.04 bits per heavy atom. The van der Waals surface area contributed by atoms with E-state index < -0.39 is 0 Å². The van der Waals surface area contributed by atoms with Crippen LogP contribution in [0.1, 0.15) is 40.3 Å². The normalized spacial score (nSPS) is 12.0. The molecule has 140 valence electrons. The highest BCUT2D eigenvalue weighted by Crippen LogP contribution is 2.34. The second kappa shape index (κ2) is 8.91. The third-order valence-corrected chi connectivity index (χ3v) is 5.44. The standard InChI is InChI=1S/C22H25N3OS/c1-15-6-4-9-19(16(15)2)22(20-13-23-14-24-20)17-7-5-8-18(12-17)25-21(26)10-11-27-3/h4-9,12-14,22H,10-11H2,1-3H3,(H,23,24)(H,25,26). The van der Waals surface area contributed by atoms with E-state index in [1.165, 1.54) is 16.7 Å². The summed E-state index contributed by atoms with van der Waals surface area (Å²) in [5, 5.41) is 3.02. The lowest BCUT2D eigenvalue weighted by atomic mass is 9.85. The van der Waals surface area contributed by atoms with E-state index in [1.54, 1.807) is 18.1 Å². The number of benzene rings is 2. The van der Waals surface area contributed by atoms with Crippen LogP contribution in [0.25, 0.3) is 0 Å². The number of anilines is 1. The molecule has 0 saturated carbocycles. The minimum Gasteiger partial charge on any atom is -0.348 e. The van der Waals surface area contributed by atoms with Gasteiger partial charge in [-0.3, -0.25) is 4.79 Å². The molecule has 5 heteroatoms. The topological polar surface area (TPSA) is 57.8 Å². The van der Waals surface area contributed by atoms with Crippen molar-refractivity contribution in [3.63, 3.8) is 0 Å². The molecular weight excluding hydrogens is 354 g/mol. The Morgan fingerprint density at radius 1 is 1.22 bits per heavy atom. The predicted molar refractivity (Wildman–Crippen MR) is 114 cm³/mol. The smallest absolute Gasteiger partial charge is 0.225 e. The predicted octanol–water partition coefficient (Wildman–Crippen LogP) is 4.90. The van der Waals surface area contributed by atoms with E-state index in [9.17, 15) is 4.79 Å². The summed E-state index contributed by atoms with van der Waals surface area (Å²) in [6, 6.07) is 14.5. The number of nitrogens with zero attached hydrogens (tertiary/aromatic N) is 1. The van der Waals surface area contributed by atoms with Gasteiger partial charge >= 0.3 is 0 Å². The van der Waals surface area contributed by atoms with Crippen molar-refractivity contribution in [1.29, 1.82) is 0 Å². The number of imidazole rings is 1. The van der Waals surface area contributed by atoms with Gasteiger partial charge in [0.1, 0.15) is 0 Å². The highest BCUT2D eigenvalue weighted by molar-refractivity contribution is 7.98. The van der Waals surface area contributed by atoms with Gasteiger partial charge in [-0.05, 0) is 54.5 Å². The lowest BCUT2D eigenvalue weighted by molar-refractivity contribution is -0.115. The second-order valence-electron chi connectivity index (χ2n) is 6.65. The number of hydrogen-bond acceptors (Lipinski definition) is 3. The molecule has 1 amide bonds. The number of thioether (sulfide) groups is 1. The number of carbonyl (C=O) groups is 1. The number of aromatic amines is 1. The lowest BCUT2D eigenvalue weighted by Gasteiger charge is -2.21. The monoisotopic (exact) mass is 379 g/mol. The Hall–Kier alpha value is -2.53. The molecule has 0 fully saturated rings. The number of nitrogens with one attached hydrogen (secondary N) is 2. The van der Waals surface area contributed by atoms with Gasteiger partial charge in [0.15, 0.2) is 0 Å². The zero-order valence-corrected chi connectivity index (χ0v) is 16.8. The summed E-state index contributed by atoms with van der Waals surface area (Å²) in [4.78, 5) is 19.6. The molecule has 0 aliphatic carbocycles. The fraction of sp³-hybridized carbons (Fsp3) is 0.273. The van der Waals surface area contributed by atoms with Crippen molar-refractivity contribution in [1.82, 2.24) is 9.97 Å². The van der Waals surface area contributed by atoms with Crippen LogP contribution in [0.3, 0.4) is 0 Å². The molecule has 1 unspecified atom stereocenters. The van der Waals surface area contributed by atoms with Crippen molar-refractivity contribution in [2.24, 2.45) is 0 Å². The molecule has 1 heterocycles. The number of hydrogen-bond donors (Lipinski definition) is 2. The van der Waals surface area contributed by atoms with Crippen molar-refractivity contribution < 1.29 is 4.79 Å². The van der Waals surface area contributed by atoms with Crippen LogP contribution < -0.4 is 5.32 Å². The second-order valence-corrected chi connectivity index (χ2v) is 7.63. The highest BCUT2D eigenvalue weighted by atomic mass is 32.2. The largest absolute Gasteiger partial charge is 0.348 e. The molecule has 2 N–H and O–H groups in total. The number of aromatic nitrogens is 2. The van der Waals surface area contributed by atoms with Crippen LogP contribution in [-0.2, 0) is 4.79 Å². The Balaban J connectivity index is 1.98. The minimum absolute atomic E-state index is 0.0375. The van der Waals surface area contributed by atoms with Crippen LogP contribution in [0.4, 0.5) is 5.69 Å². The average Bonchev–Trinajstić information content (AvgIpc) is 3.18. The maximum Gasteiger partial charge on any atom is 0.225 e. The fourth-order valence-corrected chi connectivity index (χ4v) is 3.64. The molecule has 0 bridgehead atoms. The van der Waals surface area contributed by atoms with Crippen LogP contribution in [0.15, 0.2) is 55.0 Å². The molecule has 3 aromatic rings. The first kappa shape index (κ1) is 19.2. The van der Waals surface area contributed by atoms with Crippen molar-refractivity contribution in [3.05, 3.63) is 82.9 Å². The van der Waals surface area contributed by atoms with E-state index in [4.69, 9.17) is 0 Å². The fourth-order valence-electron chi connectivity index (χ4n) is 3.25. The summed E-state index contributed by atoms with van der Waals surface area (Å²) in [5.74, 6) is 0.909. The summed E-state index contributed by atoms with van der Waals surface area (Å²) in [6.45, 7) is 4.29. The summed E-state index contributed by atoms with van der Waals surface area (Å²) in [6.07, 6.45) is 6.11. The summed E-state index contributed by atoms with van der Waals surface area (Å²) < 4.78 is 0. The lowest BCUT2D eigenvalue weighted by Crippen LogP contribution is -2.13. The first-order valence-electron chi connectivity index (χ1n) is 9.03. The summed E-state index contributed by atoms with van der Waals surface area (Å²) >= 11 is 1.68. The van der Waals surface area contributed by atoms with E-state index in [-0.39, 0.29) is 11.8 Å². The van der Waals surface area contributed by atoms with Crippen molar-refractivity contribution in [2.45, 2.75) is 26.2 Å². The average molecular weight is 380 g/mol. The van der Waals surface area contributed by atoms with E-state index >= 15 is 0 Å². The molecule has 0 aliphatic heterocycles. The van der Waals surface area contributed by atoms with Crippen molar-refractivity contribution >= 4 is 23.4 Å². The molecule has 3 rings (SSSR count). The number of aryl methyl sites for hydroxylation is 1. The zero-order valence-electron chi connectivity index (χ0n) is 16.0. The molecule has 27 heavy (non-hydrogen) atoms. The van der Waals surface area contributed by atoms with Gasteiger partial charge in [-0.1, -0.05) is 30.3 Å². The van der Waals surface area contributed by atoms with Gasteiger partial charge in [0.05, 0.1) is 12.2 Å².